The number of hydrogen-bond acceptors (Lipinski definition) is 6. The van der Waals surface area contributed by atoms with Crippen molar-refractivity contribution in [3.8, 4) is 23.3 Å². The summed E-state index contributed by atoms with van der Waals surface area (Å²) in [6.07, 6.45) is 3.40. The van der Waals surface area contributed by atoms with Crippen LogP contribution in [0, 0.1) is 17.7 Å². The number of carbonyl (C=O) groups is 1. The van der Waals surface area contributed by atoms with Crippen LogP contribution in [0.3, 0.4) is 0 Å². The van der Waals surface area contributed by atoms with Crippen molar-refractivity contribution >= 4 is 34.2 Å². The van der Waals surface area contributed by atoms with Crippen molar-refractivity contribution in [3.63, 3.8) is 0 Å². The van der Waals surface area contributed by atoms with Crippen LogP contribution in [-0.4, -0.2) is 52.9 Å². The van der Waals surface area contributed by atoms with E-state index < -0.39 is 5.82 Å². The molecule has 1 atom stereocenters. The number of carbonyl (C=O) groups excluding carboxylic acids is 1. The van der Waals surface area contributed by atoms with Gasteiger partial charge in [-0.3, -0.25) is 9.48 Å². The predicted molar refractivity (Wildman–Crippen MR) is 123 cm³/mol. The largest absolute Gasteiger partial charge is 0.497 e. The third kappa shape index (κ3) is 4.05. The van der Waals surface area contributed by atoms with Gasteiger partial charge in [-0.15, -0.1) is 0 Å². The molecule has 1 saturated heterocycles. The second-order valence-corrected chi connectivity index (χ2v) is 7.79. The fraction of sp³-hybridized carbons (Fsp3) is 0.261. The number of ether oxygens (including phenoxy) is 2. The molecule has 0 radical (unpaired) electrons. The summed E-state index contributed by atoms with van der Waals surface area (Å²) in [5.41, 5.74) is 7.08. The Kier molecular flexibility index (Phi) is 6.11. The van der Waals surface area contributed by atoms with Gasteiger partial charge in [0.15, 0.2) is 11.6 Å². The van der Waals surface area contributed by atoms with Crippen LogP contribution in [0.25, 0.3) is 10.9 Å². The smallest absolute Gasteiger partial charge is 0.246 e. The van der Waals surface area contributed by atoms with Gasteiger partial charge in [-0.05, 0) is 24.5 Å². The number of hydrogen-bond donors (Lipinski definition) is 1. The average Bonchev–Trinajstić information content (AvgIpc) is 3.46. The molecule has 170 valence electrons. The Morgan fingerprint density at radius 1 is 1.36 bits per heavy atom. The lowest BCUT2D eigenvalue weighted by molar-refractivity contribution is -0.125. The van der Waals surface area contributed by atoms with Crippen molar-refractivity contribution in [2.45, 2.75) is 12.5 Å². The van der Waals surface area contributed by atoms with E-state index in [1.807, 2.05) is 0 Å². The highest BCUT2D eigenvalue weighted by Crippen LogP contribution is 2.34. The number of anilines is 1. The van der Waals surface area contributed by atoms with Crippen molar-refractivity contribution in [2.75, 3.05) is 33.0 Å². The van der Waals surface area contributed by atoms with Gasteiger partial charge >= 0.3 is 0 Å². The summed E-state index contributed by atoms with van der Waals surface area (Å²) in [6.45, 7) is 4.54. The fourth-order valence-corrected chi connectivity index (χ4v) is 4.07. The SMILES string of the molecule is C=CC(=O)N1CCC(n2nc(C#Cc3cc(OC)cc(OC)c3F)c3c(N)ncc(Cl)c32)C1. The molecule has 2 aromatic heterocycles. The fourth-order valence-electron chi connectivity index (χ4n) is 3.84. The summed E-state index contributed by atoms with van der Waals surface area (Å²) in [5, 5.41) is 5.45. The molecule has 1 fully saturated rings. The van der Waals surface area contributed by atoms with Crippen LogP contribution in [0.2, 0.25) is 5.02 Å². The van der Waals surface area contributed by atoms with E-state index in [1.165, 1.54) is 38.6 Å². The van der Waals surface area contributed by atoms with Crippen LogP contribution in [0.15, 0.2) is 31.0 Å². The third-order valence-corrected chi connectivity index (χ3v) is 5.77. The topological polar surface area (TPSA) is 95.5 Å². The molecule has 4 rings (SSSR count). The molecule has 8 nitrogen and oxygen atoms in total. The highest BCUT2D eigenvalue weighted by molar-refractivity contribution is 6.35. The molecular formula is C23H21ClFN5O3. The Balaban J connectivity index is 1.83. The average molecular weight is 470 g/mol. The zero-order chi connectivity index (χ0) is 23.7. The minimum Gasteiger partial charge on any atom is -0.497 e. The second kappa shape index (κ2) is 9.00. The molecular weight excluding hydrogens is 449 g/mol. The van der Waals surface area contributed by atoms with Crippen LogP contribution < -0.4 is 15.2 Å². The number of nitrogen functional groups attached to an aromatic ring is 1. The van der Waals surface area contributed by atoms with E-state index in [0.717, 1.165) is 0 Å². The van der Waals surface area contributed by atoms with Crippen molar-refractivity contribution in [1.29, 1.82) is 0 Å². The van der Waals surface area contributed by atoms with Crippen LogP contribution in [-0.2, 0) is 4.79 Å². The van der Waals surface area contributed by atoms with Crippen LogP contribution in [0.5, 0.6) is 11.5 Å². The van der Waals surface area contributed by atoms with Gasteiger partial charge in [0.05, 0.1) is 47.9 Å². The van der Waals surface area contributed by atoms with Crippen molar-refractivity contribution < 1.29 is 18.7 Å². The summed E-state index contributed by atoms with van der Waals surface area (Å²) < 4.78 is 26.7. The van der Waals surface area contributed by atoms with Crippen molar-refractivity contribution in [1.82, 2.24) is 19.7 Å². The molecule has 1 amide bonds. The summed E-state index contributed by atoms with van der Waals surface area (Å²) in [4.78, 5) is 17.8. The van der Waals surface area contributed by atoms with Gasteiger partial charge in [0.1, 0.15) is 17.3 Å². The maximum Gasteiger partial charge on any atom is 0.246 e. The Labute approximate surface area is 194 Å². The van der Waals surface area contributed by atoms with Crippen molar-refractivity contribution in [3.05, 3.63) is 53.1 Å². The quantitative estimate of drug-likeness (QED) is 0.466. The molecule has 0 spiro atoms. The lowest BCUT2D eigenvalue weighted by atomic mass is 10.1. The Hall–Kier alpha value is -3.77. The van der Waals surface area contributed by atoms with Crippen LogP contribution in [0.4, 0.5) is 10.2 Å². The van der Waals surface area contributed by atoms with Gasteiger partial charge in [0.2, 0.25) is 5.91 Å². The first kappa shape index (κ1) is 22.4. The van der Waals surface area contributed by atoms with E-state index in [9.17, 15) is 9.18 Å². The van der Waals surface area contributed by atoms with E-state index >= 15 is 0 Å². The van der Waals surface area contributed by atoms with E-state index in [-0.39, 0.29) is 29.1 Å². The number of nitrogens with two attached hydrogens (primary N) is 1. The number of halogens is 2. The molecule has 1 aromatic carbocycles. The van der Waals surface area contributed by atoms with E-state index in [4.69, 9.17) is 26.8 Å². The van der Waals surface area contributed by atoms with Gasteiger partial charge in [-0.25, -0.2) is 9.37 Å². The summed E-state index contributed by atoms with van der Waals surface area (Å²) >= 11 is 6.46. The maximum atomic E-state index is 14.7. The molecule has 10 heteroatoms. The highest BCUT2D eigenvalue weighted by atomic mass is 35.5. The molecule has 0 aliphatic carbocycles. The standard InChI is InChI=1S/C23H21ClFN5O3/c1-4-19(31)29-8-7-14(12-29)30-22-16(24)11-27-23(26)20(22)17(28-30)6-5-13-9-15(32-2)10-18(33-3)21(13)25/h4,9-11,14H,1,7-8,12H2,2-3H3,(H2,26,27). The molecule has 0 saturated carbocycles. The number of methoxy groups -OCH3 is 2. The Bertz CT molecular complexity index is 1330. The number of nitrogens with zero attached hydrogens (tertiary/aromatic N) is 4. The first-order valence-electron chi connectivity index (χ1n) is 10.0. The van der Waals surface area contributed by atoms with Gasteiger partial charge in [-0.1, -0.05) is 24.1 Å². The molecule has 3 heterocycles. The lowest BCUT2D eigenvalue weighted by Gasteiger charge is -2.15. The zero-order valence-electron chi connectivity index (χ0n) is 18.1. The molecule has 2 N–H and O–H groups in total. The number of amides is 1. The number of fused-ring (bicyclic) bond motifs is 1. The molecule has 1 unspecified atom stereocenters. The maximum absolute atomic E-state index is 14.7. The minimum atomic E-state index is -0.618. The molecule has 0 bridgehead atoms. The van der Waals surface area contributed by atoms with Crippen LogP contribution >= 0.6 is 11.6 Å². The van der Waals surface area contributed by atoms with Crippen LogP contribution in [0.1, 0.15) is 23.7 Å². The number of rotatable bonds is 4. The van der Waals surface area contributed by atoms with Gasteiger partial charge in [-0.2, -0.15) is 5.10 Å². The Morgan fingerprint density at radius 2 is 2.15 bits per heavy atom. The molecule has 1 aliphatic heterocycles. The number of benzene rings is 1. The monoisotopic (exact) mass is 469 g/mol. The minimum absolute atomic E-state index is 0.0104. The first-order chi connectivity index (χ1) is 15.9. The lowest BCUT2D eigenvalue weighted by Crippen LogP contribution is -2.27. The molecule has 1 aliphatic rings. The summed E-state index contributed by atoms with van der Waals surface area (Å²) in [5.74, 6) is 5.53. The van der Waals surface area contributed by atoms with E-state index in [2.05, 4.69) is 28.5 Å². The predicted octanol–water partition coefficient (Wildman–Crippen LogP) is 3.18. The van der Waals surface area contributed by atoms with E-state index in [0.29, 0.717) is 46.9 Å². The molecule has 3 aromatic rings. The third-order valence-electron chi connectivity index (χ3n) is 5.49. The second-order valence-electron chi connectivity index (χ2n) is 7.38. The first-order valence-corrected chi connectivity index (χ1v) is 10.4. The van der Waals surface area contributed by atoms with Crippen molar-refractivity contribution in [2.24, 2.45) is 0 Å². The summed E-state index contributed by atoms with van der Waals surface area (Å²) in [6, 6.07) is 2.76. The number of likely N-dealkylation sites (tertiary alicyclic amines) is 1. The van der Waals surface area contributed by atoms with Gasteiger partial charge < -0.3 is 20.1 Å². The number of pyridine rings is 1. The summed E-state index contributed by atoms with van der Waals surface area (Å²) in [7, 11) is 2.83. The zero-order valence-corrected chi connectivity index (χ0v) is 18.8. The van der Waals surface area contributed by atoms with Gasteiger partial charge in [0, 0.05) is 19.2 Å². The highest BCUT2D eigenvalue weighted by Gasteiger charge is 2.30. The molecule has 33 heavy (non-hydrogen) atoms. The number of aromatic nitrogens is 3. The van der Waals surface area contributed by atoms with E-state index in [1.54, 1.807) is 9.58 Å². The van der Waals surface area contributed by atoms with Gasteiger partial charge in [0.25, 0.3) is 0 Å². The Morgan fingerprint density at radius 3 is 2.85 bits per heavy atom. The normalized spacial score (nSPS) is 15.3.